The van der Waals surface area contributed by atoms with E-state index in [1.54, 1.807) is 0 Å². The molecule has 0 aliphatic heterocycles. The molecule has 0 fully saturated rings. The van der Waals surface area contributed by atoms with Crippen molar-refractivity contribution in [3.8, 4) is 0 Å². The molecular weight excluding hydrogens is 162 g/mol. The SMILES string of the molecule is C[N+](C)(C)CC(O)c1ccccc1. The summed E-state index contributed by atoms with van der Waals surface area (Å²) in [6.45, 7) is 0.740. The molecule has 0 bridgehead atoms. The standard InChI is InChI=1S/C11H18NO/c1-12(2,3)9-11(13)10-7-5-4-6-8-10/h4-8,11,13H,9H2,1-3H3/q+1. The van der Waals surface area contributed by atoms with Crippen LogP contribution in [0.2, 0.25) is 0 Å². The predicted molar refractivity (Wildman–Crippen MR) is 54.3 cm³/mol. The number of nitrogens with zero attached hydrogens (tertiary/aromatic N) is 1. The molecule has 0 saturated heterocycles. The van der Waals surface area contributed by atoms with Gasteiger partial charge in [0.1, 0.15) is 12.6 Å². The molecule has 1 N–H and O–H groups in total. The number of benzene rings is 1. The molecule has 2 nitrogen and oxygen atoms in total. The first-order valence-corrected chi connectivity index (χ1v) is 4.52. The van der Waals surface area contributed by atoms with Gasteiger partial charge in [0.05, 0.1) is 21.1 Å². The molecule has 0 saturated carbocycles. The van der Waals surface area contributed by atoms with Crippen LogP contribution < -0.4 is 0 Å². The van der Waals surface area contributed by atoms with E-state index < -0.39 is 0 Å². The highest BCUT2D eigenvalue weighted by atomic mass is 16.3. The normalized spacial score (nSPS) is 14.2. The molecule has 72 valence electrons. The zero-order chi connectivity index (χ0) is 9.90. The van der Waals surface area contributed by atoms with Gasteiger partial charge in [-0.1, -0.05) is 30.3 Å². The maximum absolute atomic E-state index is 9.84. The van der Waals surface area contributed by atoms with Crippen molar-refractivity contribution in [2.24, 2.45) is 0 Å². The third-order valence-electron chi connectivity index (χ3n) is 1.91. The van der Waals surface area contributed by atoms with Crippen LogP contribution in [0.1, 0.15) is 11.7 Å². The Morgan fingerprint density at radius 3 is 2.15 bits per heavy atom. The second kappa shape index (κ2) is 3.90. The third-order valence-corrected chi connectivity index (χ3v) is 1.91. The number of quaternary nitrogens is 1. The van der Waals surface area contributed by atoms with Gasteiger partial charge in [0.15, 0.2) is 0 Å². The zero-order valence-corrected chi connectivity index (χ0v) is 8.57. The van der Waals surface area contributed by atoms with Crippen molar-refractivity contribution in [2.75, 3.05) is 27.7 Å². The van der Waals surface area contributed by atoms with Crippen molar-refractivity contribution >= 4 is 0 Å². The molecular formula is C11H18NO+. The van der Waals surface area contributed by atoms with Crippen molar-refractivity contribution in [3.05, 3.63) is 35.9 Å². The number of rotatable bonds is 3. The molecule has 13 heavy (non-hydrogen) atoms. The number of hydrogen-bond acceptors (Lipinski definition) is 1. The Hall–Kier alpha value is -0.860. The van der Waals surface area contributed by atoms with Crippen LogP contribution in [-0.4, -0.2) is 37.3 Å². The topological polar surface area (TPSA) is 20.2 Å². The first kappa shape index (κ1) is 10.2. The van der Waals surface area contributed by atoms with E-state index in [0.29, 0.717) is 0 Å². The first-order chi connectivity index (χ1) is 5.99. The van der Waals surface area contributed by atoms with Crippen LogP contribution in [0.15, 0.2) is 30.3 Å². The highest BCUT2D eigenvalue weighted by Gasteiger charge is 2.16. The monoisotopic (exact) mass is 180 g/mol. The summed E-state index contributed by atoms with van der Waals surface area (Å²) < 4.78 is 0.774. The molecule has 0 amide bonds. The van der Waals surface area contributed by atoms with Gasteiger partial charge < -0.3 is 9.59 Å². The van der Waals surface area contributed by atoms with Crippen molar-refractivity contribution in [2.45, 2.75) is 6.10 Å². The fraction of sp³-hybridized carbons (Fsp3) is 0.455. The van der Waals surface area contributed by atoms with E-state index in [4.69, 9.17) is 0 Å². The van der Waals surface area contributed by atoms with E-state index in [0.717, 1.165) is 16.6 Å². The average Bonchev–Trinajstić information content (AvgIpc) is 2.03. The smallest absolute Gasteiger partial charge is 0.128 e. The quantitative estimate of drug-likeness (QED) is 0.698. The lowest BCUT2D eigenvalue weighted by Gasteiger charge is -2.26. The lowest BCUT2D eigenvalue weighted by Crippen LogP contribution is -2.38. The summed E-state index contributed by atoms with van der Waals surface area (Å²) in [5, 5.41) is 9.84. The van der Waals surface area contributed by atoms with Crippen molar-refractivity contribution in [1.82, 2.24) is 0 Å². The van der Waals surface area contributed by atoms with E-state index in [9.17, 15) is 5.11 Å². The Morgan fingerprint density at radius 1 is 1.15 bits per heavy atom. The third kappa shape index (κ3) is 3.57. The molecule has 1 rings (SSSR count). The minimum atomic E-state index is -0.360. The lowest BCUT2D eigenvalue weighted by atomic mass is 10.1. The highest BCUT2D eigenvalue weighted by molar-refractivity contribution is 5.17. The number of aliphatic hydroxyl groups is 1. The maximum atomic E-state index is 9.84. The van der Waals surface area contributed by atoms with E-state index in [1.807, 2.05) is 30.3 Å². The Labute approximate surface area is 80.0 Å². The predicted octanol–water partition coefficient (Wildman–Crippen LogP) is 1.43. The average molecular weight is 180 g/mol. The van der Waals surface area contributed by atoms with Gasteiger partial charge in [0, 0.05) is 0 Å². The largest absolute Gasteiger partial charge is 0.382 e. The molecule has 0 spiro atoms. The molecule has 0 heterocycles. The van der Waals surface area contributed by atoms with Crippen LogP contribution in [0, 0.1) is 0 Å². The van der Waals surface area contributed by atoms with Crippen molar-refractivity contribution in [3.63, 3.8) is 0 Å². The fourth-order valence-electron chi connectivity index (χ4n) is 1.30. The summed E-state index contributed by atoms with van der Waals surface area (Å²) in [7, 11) is 6.23. The van der Waals surface area contributed by atoms with Gasteiger partial charge in [-0.05, 0) is 5.56 Å². The Morgan fingerprint density at radius 2 is 1.69 bits per heavy atom. The van der Waals surface area contributed by atoms with Gasteiger partial charge in [0.25, 0.3) is 0 Å². The van der Waals surface area contributed by atoms with E-state index in [-0.39, 0.29) is 6.10 Å². The minimum absolute atomic E-state index is 0.360. The molecule has 0 aliphatic rings. The van der Waals surface area contributed by atoms with E-state index in [2.05, 4.69) is 21.1 Å². The molecule has 1 aromatic carbocycles. The summed E-state index contributed by atoms with van der Waals surface area (Å²) in [5.74, 6) is 0. The molecule has 1 unspecified atom stereocenters. The van der Waals surface area contributed by atoms with Gasteiger partial charge in [0.2, 0.25) is 0 Å². The number of likely N-dealkylation sites (N-methyl/N-ethyl adjacent to an activating group) is 1. The second-order valence-corrected chi connectivity index (χ2v) is 4.40. The summed E-state index contributed by atoms with van der Waals surface area (Å²) in [6.07, 6.45) is -0.360. The van der Waals surface area contributed by atoms with Crippen molar-refractivity contribution in [1.29, 1.82) is 0 Å². The molecule has 0 aromatic heterocycles. The van der Waals surface area contributed by atoms with Crippen LogP contribution in [-0.2, 0) is 0 Å². The second-order valence-electron chi connectivity index (χ2n) is 4.40. The number of aliphatic hydroxyl groups excluding tert-OH is 1. The van der Waals surface area contributed by atoms with Crippen molar-refractivity contribution < 1.29 is 9.59 Å². The summed E-state index contributed by atoms with van der Waals surface area (Å²) in [6, 6.07) is 9.78. The number of hydrogen-bond donors (Lipinski definition) is 1. The molecule has 0 radical (unpaired) electrons. The van der Waals surface area contributed by atoms with Gasteiger partial charge in [-0.2, -0.15) is 0 Å². The van der Waals surface area contributed by atoms with Crippen LogP contribution in [0.25, 0.3) is 0 Å². The molecule has 1 aromatic rings. The Kier molecular flexibility index (Phi) is 3.07. The molecule has 0 aliphatic carbocycles. The summed E-state index contributed by atoms with van der Waals surface area (Å²) >= 11 is 0. The highest BCUT2D eigenvalue weighted by Crippen LogP contribution is 2.14. The molecule has 1 atom stereocenters. The van der Waals surface area contributed by atoms with Crippen LogP contribution in [0.3, 0.4) is 0 Å². The van der Waals surface area contributed by atoms with E-state index >= 15 is 0 Å². The van der Waals surface area contributed by atoms with Gasteiger partial charge in [-0.25, -0.2) is 0 Å². The lowest BCUT2D eigenvalue weighted by molar-refractivity contribution is -0.874. The molecule has 2 heteroatoms. The Balaban J connectivity index is 2.64. The zero-order valence-electron chi connectivity index (χ0n) is 8.57. The van der Waals surface area contributed by atoms with Gasteiger partial charge in [-0.3, -0.25) is 0 Å². The Bertz CT molecular complexity index is 251. The fourth-order valence-corrected chi connectivity index (χ4v) is 1.30. The summed E-state index contributed by atoms with van der Waals surface area (Å²) in [4.78, 5) is 0. The van der Waals surface area contributed by atoms with Crippen LogP contribution in [0.4, 0.5) is 0 Å². The van der Waals surface area contributed by atoms with Gasteiger partial charge >= 0.3 is 0 Å². The van der Waals surface area contributed by atoms with E-state index in [1.165, 1.54) is 0 Å². The van der Waals surface area contributed by atoms with Gasteiger partial charge in [-0.15, -0.1) is 0 Å². The summed E-state index contributed by atoms with van der Waals surface area (Å²) in [5.41, 5.74) is 0.996. The van der Waals surface area contributed by atoms with Crippen LogP contribution >= 0.6 is 0 Å². The first-order valence-electron chi connectivity index (χ1n) is 4.52. The minimum Gasteiger partial charge on any atom is -0.382 e. The van der Waals surface area contributed by atoms with Crippen LogP contribution in [0.5, 0.6) is 0 Å². The maximum Gasteiger partial charge on any atom is 0.128 e.